The molecular formula is C20H16N2O5. The summed E-state index contributed by atoms with van der Waals surface area (Å²) in [6.07, 6.45) is 4.49. The summed E-state index contributed by atoms with van der Waals surface area (Å²) in [7, 11) is 0. The number of carbonyl (C=O) groups is 1. The van der Waals surface area contributed by atoms with Crippen LogP contribution in [0, 0.1) is 11.3 Å². The highest BCUT2D eigenvalue weighted by atomic mass is 16.7. The Morgan fingerprint density at radius 1 is 1.15 bits per heavy atom. The van der Waals surface area contributed by atoms with Gasteiger partial charge in [0.05, 0.1) is 0 Å². The van der Waals surface area contributed by atoms with Crippen LogP contribution in [0.4, 0.5) is 0 Å². The van der Waals surface area contributed by atoms with Crippen LogP contribution < -0.4 is 14.8 Å². The summed E-state index contributed by atoms with van der Waals surface area (Å²) in [4.78, 5) is 12.2. The molecule has 3 N–H and O–H groups in total. The summed E-state index contributed by atoms with van der Waals surface area (Å²) < 4.78 is 10.5. The topological polar surface area (TPSA) is 112 Å². The van der Waals surface area contributed by atoms with Gasteiger partial charge in [0.2, 0.25) is 6.79 Å². The lowest BCUT2D eigenvalue weighted by Crippen LogP contribution is -2.23. The number of nitrogens with zero attached hydrogens (tertiary/aromatic N) is 1. The number of allylic oxidation sites excluding steroid dienone is 2. The zero-order valence-corrected chi connectivity index (χ0v) is 14.2. The van der Waals surface area contributed by atoms with Gasteiger partial charge in [-0.25, -0.2) is 0 Å². The van der Waals surface area contributed by atoms with Crippen LogP contribution in [-0.2, 0) is 11.3 Å². The van der Waals surface area contributed by atoms with Gasteiger partial charge in [0.25, 0.3) is 5.91 Å². The van der Waals surface area contributed by atoms with Crippen LogP contribution in [0.3, 0.4) is 0 Å². The standard InChI is InChI=1S/C20H16N2O5/c21-10-15(3-1-2-13-4-6-16(23)17(24)8-13)20(25)22-11-14-5-7-18-19(9-14)27-12-26-18/h1-9,23-24H,11-12H2,(H,22,25). The van der Waals surface area contributed by atoms with E-state index in [0.29, 0.717) is 17.1 Å². The fourth-order valence-corrected chi connectivity index (χ4v) is 2.39. The number of phenols is 2. The van der Waals surface area contributed by atoms with Crippen LogP contribution in [0.5, 0.6) is 23.0 Å². The van der Waals surface area contributed by atoms with Crippen molar-refractivity contribution in [2.24, 2.45) is 0 Å². The summed E-state index contributed by atoms with van der Waals surface area (Å²) in [5.74, 6) is 0.311. The Bertz CT molecular complexity index is 973. The number of ether oxygens (including phenoxy) is 2. The van der Waals surface area contributed by atoms with Gasteiger partial charge in [-0.2, -0.15) is 5.26 Å². The Hall–Kier alpha value is -3.92. The second-order valence-corrected chi connectivity index (χ2v) is 5.67. The molecule has 2 aromatic rings. The predicted molar refractivity (Wildman–Crippen MR) is 96.9 cm³/mol. The van der Waals surface area contributed by atoms with E-state index < -0.39 is 5.91 Å². The van der Waals surface area contributed by atoms with Gasteiger partial charge < -0.3 is 25.0 Å². The van der Waals surface area contributed by atoms with Crippen molar-refractivity contribution in [3.63, 3.8) is 0 Å². The molecule has 7 nitrogen and oxygen atoms in total. The number of phenolic OH excluding ortho intramolecular Hbond substituents is 2. The first-order valence-electron chi connectivity index (χ1n) is 8.04. The van der Waals surface area contributed by atoms with E-state index in [1.54, 1.807) is 30.3 Å². The van der Waals surface area contributed by atoms with E-state index in [1.807, 2.05) is 6.07 Å². The largest absolute Gasteiger partial charge is 0.504 e. The second-order valence-electron chi connectivity index (χ2n) is 5.67. The highest BCUT2D eigenvalue weighted by molar-refractivity contribution is 5.97. The molecule has 0 saturated carbocycles. The number of amides is 1. The molecule has 1 heterocycles. The van der Waals surface area contributed by atoms with Gasteiger partial charge in [-0.15, -0.1) is 0 Å². The van der Waals surface area contributed by atoms with Gasteiger partial charge in [0.15, 0.2) is 23.0 Å². The van der Waals surface area contributed by atoms with E-state index in [9.17, 15) is 20.3 Å². The van der Waals surface area contributed by atoms with Gasteiger partial charge >= 0.3 is 0 Å². The van der Waals surface area contributed by atoms with E-state index in [-0.39, 0.29) is 30.4 Å². The van der Waals surface area contributed by atoms with Crippen molar-refractivity contribution < 1.29 is 24.5 Å². The van der Waals surface area contributed by atoms with E-state index in [1.165, 1.54) is 24.3 Å². The molecule has 1 amide bonds. The van der Waals surface area contributed by atoms with E-state index in [0.717, 1.165) is 5.56 Å². The first-order chi connectivity index (χ1) is 13.1. The molecule has 0 aliphatic carbocycles. The minimum atomic E-state index is -0.506. The van der Waals surface area contributed by atoms with Gasteiger partial charge in [0.1, 0.15) is 11.6 Å². The Balaban J connectivity index is 1.61. The van der Waals surface area contributed by atoms with Gasteiger partial charge in [0, 0.05) is 6.54 Å². The maximum atomic E-state index is 12.2. The van der Waals surface area contributed by atoms with Crippen molar-refractivity contribution in [2.75, 3.05) is 6.79 Å². The molecule has 0 aromatic heterocycles. The zero-order chi connectivity index (χ0) is 19.2. The van der Waals surface area contributed by atoms with Crippen molar-refractivity contribution in [3.05, 3.63) is 65.3 Å². The molecule has 27 heavy (non-hydrogen) atoms. The number of hydrogen-bond donors (Lipinski definition) is 3. The van der Waals surface area contributed by atoms with Crippen molar-refractivity contribution in [3.8, 4) is 29.1 Å². The second kappa shape index (κ2) is 7.97. The molecule has 0 fully saturated rings. The Morgan fingerprint density at radius 3 is 2.74 bits per heavy atom. The minimum absolute atomic E-state index is 0.0602. The average molecular weight is 364 g/mol. The van der Waals surface area contributed by atoms with Crippen LogP contribution in [0.25, 0.3) is 6.08 Å². The molecule has 1 aliphatic rings. The van der Waals surface area contributed by atoms with Crippen molar-refractivity contribution in [2.45, 2.75) is 6.54 Å². The molecule has 136 valence electrons. The van der Waals surface area contributed by atoms with Crippen LogP contribution in [0.2, 0.25) is 0 Å². The highest BCUT2D eigenvalue weighted by Crippen LogP contribution is 2.32. The zero-order valence-electron chi connectivity index (χ0n) is 14.2. The number of benzene rings is 2. The lowest BCUT2D eigenvalue weighted by molar-refractivity contribution is -0.117. The number of fused-ring (bicyclic) bond motifs is 1. The maximum Gasteiger partial charge on any atom is 0.262 e. The first-order valence-corrected chi connectivity index (χ1v) is 8.04. The quantitative estimate of drug-likeness (QED) is 0.325. The van der Waals surface area contributed by atoms with E-state index in [4.69, 9.17) is 9.47 Å². The summed E-state index contributed by atoms with van der Waals surface area (Å²) in [6, 6.07) is 11.5. The van der Waals surface area contributed by atoms with E-state index in [2.05, 4.69) is 5.32 Å². The van der Waals surface area contributed by atoms with Gasteiger partial charge in [-0.3, -0.25) is 4.79 Å². The average Bonchev–Trinajstić information content (AvgIpc) is 3.14. The number of nitriles is 1. The molecule has 3 rings (SSSR count). The molecule has 0 radical (unpaired) electrons. The summed E-state index contributed by atoms with van der Waals surface area (Å²) in [5, 5.41) is 30.6. The Labute approximate surface area is 155 Å². The molecular weight excluding hydrogens is 348 g/mol. The molecule has 0 spiro atoms. The first kappa shape index (κ1) is 17.9. The van der Waals surface area contributed by atoms with Crippen molar-refractivity contribution >= 4 is 12.0 Å². The minimum Gasteiger partial charge on any atom is -0.504 e. The summed E-state index contributed by atoms with van der Waals surface area (Å²) in [5.41, 5.74) is 1.37. The van der Waals surface area contributed by atoms with Crippen LogP contribution in [0.15, 0.2) is 54.1 Å². The third kappa shape index (κ3) is 4.38. The third-order valence-corrected chi connectivity index (χ3v) is 3.81. The molecule has 1 aliphatic heterocycles. The SMILES string of the molecule is N#CC(=CC=Cc1ccc(O)c(O)c1)C(=O)NCc1ccc2c(c1)OCO2. The monoisotopic (exact) mass is 364 g/mol. The number of nitrogens with one attached hydrogen (secondary N) is 1. The Kier molecular flexibility index (Phi) is 5.28. The van der Waals surface area contributed by atoms with Gasteiger partial charge in [-0.05, 0) is 41.5 Å². The molecule has 7 heteroatoms. The predicted octanol–water partition coefficient (Wildman–Crippen LogP) is 2.61. The lowest BCUT2D eigenvalue weighted by Gasteiger charge is -2.05. The maximum absolute atomic E-state index is 12.2. The van der Waals surface area contributed by atoms with Crippen LogP contribution in [-0.4, -0.2) is 22.9 Å². The lowest BCUT2D eigenvalue weighted by atomic mass is 10.1. The Morgan fingerprint density at radius 2 is 1.96 bits per heavy atom. The fourth-order valence-electron chi connectivity index (χ4n) is 2.39. The fraction of sp³-hybridized carbons (Fsp3) is 0.100. The number of hydrogen-bond acceptors (Lipinski definition) is 6. The normalized spacial score (nSPS) is 12.8. The molecule has 2 aromatic carbocycles. The molecule has 0 bridgehead atoms. The van der Waals surface area contributed by atoms with Crippen molar-refractivity contribution in [1.29, 1.82) is 5.26 Å². The van der Waals surface area contributed by atoms with Gasteiger partial charge in [-0.1, -0.05) is 24.3 Å². The molecule has 0 unspecified atom stereocenters. The van der Waals surface area contributed by atoms with E-state index >= 15 is 0 Å². The molecule has 0 atom stereocenters. The highest BCUT2D eigenvalue weighted by Gasteiger charge is 2.14. The van der Waals surface area contributed by atoms with Crippen molar-refractivity contribution in [1.82, 2.24) is 5.32 Å². The number of rotatable bonds is 5. The van der Waals surface area contributed by atoms with Crippen LogP contribution in [0.1, 0.15) is 11.1 Å². The van der Waals surface area contributed by atoms with Crippen LogP contribution >= 0.6 is 0 Å². The smallest absolute Gasteiger partial charge is 0.262 e. The number of aromatic hydroxyl groups is 2. The summed E-state index contributed by atoms with van der Waals surface area (Å²) in [6.45, 7) is 0.418. The number of carbonyl (C=O) groups excluding carboxylic acids is 1. The third-order valence-electron chi connectivity index (χ3n) is 3.81. The summed E-state index contributed by atoms with van der Waals surface area (Å²) >= 11 is 0. The molecule has 0 saturated heterocycles.